The fraction of sp³-hybridized carbons (Fsp3) is 0.100. The zero-order chi connectivity index (χ0) is 20.6. The molecule has 0 radical (unpaired) electrons. The van der Waals surface area contributed by atoms with Gasteiger partial charge in [-0.3, -0.25) is 0 Å². The van der Waals surface area contributed by atoms with Gasteiger partial charge < -0.3 is 14.6 Å². The van der Waals surface area contributed by atoms with Crippen LogP contribution < -0.4 is 10.1 Å². The molecular formula is C20H14ClF3N4O. The summed E-state index contributed by atoms with van der Waals surface area (Å²) >= 11 is 6.28. The third-order valence-corrected chi connectivity index (χ3v) is 4.54. The average Bonchev–Trinajstić information content (AvgIpc) is 3.06. The Kier molecular flexibility index (Phi) is 4.79. The number of hydrogen-bond donors (Lipinski definition) is 1. The van der Waals surface area contributed by atoms with Crippen molar-refractivity contribution in [1.82, 2.24) is 14.5 Å². The maximum absolute atomic E-state index is 12.9. The molecule has 148 valence electrons. The number of nitrogens with one attached hydrogen (secondary N) is 1. The number of ether oxygens (including phenoxy) is 1. The molecule has 9 heteroatoms. The van der Waals surface area contributed by atoms with Gasteiger partial charge in [0.15, 0.2) is 5.82 Å². The van der Waals surface area contributed by atoms with Gasteiger partial charge in [0.05, 0.1) is 16.1 Å². The minimum Gasteiger partial charge on any atom is -0.456 e. The molecule has 2 aromatic carbocycles. The van der Waals surface area contributed by atoms with E-state index >= 15 is 0 Å². The Balaban J connectivity index is 1.58. The smallest absolute Gasteiger partial charge is 0.416 e. The lowest BCUT2D eigenvalue weighted by Crippen LogP contribution is -2.04. The van der Waals surface area contributed by atoms with Crippen molar-refractivity contribution in [3.63, 3.8) is 0 Å². The third-order valence-electron chi connectivity index (χ3n) is 4.24. The van der Waals surface area contributed by atoms with Crippen LogP contribution in [0.5, 0.6) is 11.5 Å². The summed E-state index contributed by atoms with van der Waals surface area (Å²) in [4.78, 5) is 8.47. The van der Waals surface area contributed by atoms with Crippen molar-refractivity contribution >= 4 is 34.1 Å². The second-order valence-corrected chi connectivity index (χ2v) is 6.69. The minimum atomic E-state index is -4.45. The second kappa shape index (κ2) is 7.29. The summed E-state index contributed by atoms with van der Waals surface area (Å²) in [6, 6.07) is 11.4. The van der Waals surface area contributed by atoms with Gasteiger partial charge in [0.1, 0.15) is 23.3 Å². The summed E-state index contributed by atoms with van der Waals surface area (Å²) in [5.41, 5.74) is 1.47. The molecule has 0 spiro atoms. The Morgan fingerprint density at radius 3 is 2.66 bits per heavy atom. The monoisotopic (exact) mass is 418 g/mol. The van der Waals surface area contributed by atoms with Gasteiger partial charge in [0.2, 0.25) is 0 Å². The van der Waals surface area contributed by atoms with Crippen LogP contribution in [0.4, 0.5) is 24.7 Å². The van der Waals surface area contributed by atoms with E-state index in [9.17, 15) is 13.2 Å². The standard InChI is InChI=1S/C20H14ClF3N4O/c1-28-8-7-16-18(28)19(26-11-25-16)27-13-5-6-17(15(21)10-13)29-14-4-2-3-12(9-14)20(22,23)24/h2-11H,1H3,(H,25,26,27). The molecule has 0 aliphatic heterocycles. The number of anilines is 2. The molecule has 0 saturated heterocycles. The summed E-state index contributed by atoms with van der Waals surface area (Å²) in [6.45, 7) is 0. The summed E-state index contributed by atoms with van der Waals surface area (Å²) < 4.78 is 46.0. The number of nitrogens with zero attached hydrogens (tertiary/aromatic N) is 3. The quantitative estimate of drug-likeness (QED) is 0.430. The summed E-state index contributed by atoms with van der Waals surface area (Å²) in [5, 5.41) is 3.41. The largest absolute Gasteiger partial charge is 0.456 e. The van der Waals surface area contributed by atoms with E-state index in [0.29, 0.717) is 11.5 Å². The number of aryl methyl sites for hydroxylation is 1. The van der Waals surface area contributed by atoms with E-state index in [2.05, 4.69) is 15.3 Å². The minimum absolute atomic E-state index is 0.0451. The molecule has 2 heterocycles. The highest BCUT2D eigenvalue weighted by atomic mass is 35.5. The molecule has 0 atom stereocenters. The molecule has 0 aliphatic carbocycles. The van der Waals surface area contributed by atoms with Gasteiger partial charge >= 0.3 is 6.18 Å². The molecule has 0 fully saturated rings. The number of rotatable bonds is 4. The Morgan fingerprint density at radius 1 is 1.07 bits per heavy atom. The summed E-state index contributed by atoms with van der Waals surface area (Å²) in [6.07, 6.45) is -1.11. The molecular weight excluding hydrogens is 405 g/mol. The van der Waals surface area contributed by atoms with E-state index in [1.54, 1.807) is 18.2 Å². The lowest BCUT2D eigenvalue weighted by molar-refractivity contribution is -0.137. The van der Waals surface area contributed by atoms with Crippen molar-refractivity contribution < 1.29 is 17.9 Å². The first-order chi connectivity index (χ1) is 13.8. The maximum atomic E-state index is 12.9. The topological polar surface area (TPSA) is 52.0 Å². The molecule has 1 N–H and O–H groups in total. The predicted molar refractivity (Wildman–Crippen MR) is 105 cm³/mol. The molecule has 4 rings (SSSR count). The van der Waals surface area contributed by atoms with E-state index in [1.165, 1.54) is 18.5 Å². The van der Waals surface area contributed by atoms with Crippen LogP contribution in [0, 0.1) is 0 Å². The first kappa shape index (κ1) is 19.1. The highest BCUT2D eigenvalue weighted by Crippen LogP contribution is 2.36. The first-order valence-electron chi connectivity index (χ1n) is 8.49. The van der Waals surface area contributed by atoms with Gasteiger partial charge in [0, 0.05) is 18.9 Å². The maximum Gasteiger partial charge on any atom is 0.416 e. The van der Waals surface area contributed by atoms with Crippen molar-refractivity contribution in [2.45, 2.75) is 6.18 Å². The highest BCUT2D eigenvalue weighted by molar-refractivity contribution is 6.32. The van der Waals surface area contributed by atoms with E-state index < -0.39 is 11.7 Å². The summed E-state index contributed by atoms with van der Waals surface area (Å²) in [5.74, 6) is 0.886. The summed E-state index contributed by atoms with van der Waals surface area (Å²) in [7, 11) is 1.88. The number of hydrogen-bond acceptors (Lipinski definition) is 4. The highest BCUT2D eigenvalue weighted by Gasteiger charge is 2.30. The molecule has 0 saturated carbocycles. The molecule has 0 unspecified atom stereocenters. The van der Waals surface area contributed by atoms with Gasteiger partial charge in [0.25, 0.3) is 0 Å². The number of halogens is 4. The van der Waals surface area contributed by atoms with Crippen LogP contribution >= 0.6 is 11.6 Å². The van der Waals surface area contributed by atoms with Crippen LogP contribution in [0.15, 0.2) is 61.1 Å². The van der Waals surface area contributed by atoms with Gasteiger partial charge in [-0.15, -0.1) is 0 Å². The van der Waals surface area contributed by atoms with Gasteiger partial charge in [-0.05, 0) is 42.5 Å². The van der Waals surface area contributed by atoms with Crippen LogP contribution in [0.3, 0.4) is 0 Å². The fourth-order valence-corrected chi connectivity index (χ4v) is 3.09. The lowest BCUT2D eigenvalue weighted by atomic mass is 10.2. The van der Waals surface area contributed by atoms with E-state index in [1.807, 2.05) is 23.9 Å². The molecule has 0 amide bonds. The van der Waals surface area contributed by atoms with E-state index in [-0.39, 0.29) is 16.5 Å². The number of benzene rings is 2. The van der Waals surface area contributed by atoms with Gasteiger partial charge in [-0.2, -0.15) is 13.2 Å². The first-order valence-corrected chi connectivity index (χ1v) is 8.87. The predicted octanol–water partition coefficient (Wildman–Crippen LogP) is 6.18. The lowest BCUT2D eigenvalue weighted by Gasteiger charge is -2.13. The normalized spacial score (nSPS) is 11.6. The Labute approximate surface area is 168 Å². The Bertz CT molecular complexity index is 1190. The van der Waals surface area contributed by atoms with Crippen molar-refractivity contribution in [1.29, 1.82) is 0 Å². The molecule has 5 nitrogen and oxygen atoms in total. The van der Waals surface area contributed by atoms with Crippen LogP contribution in [0.2, 0.25) is 5.02 Å². The Hall–Kier alpha value is -3.26. The third kappa shape index (κ3) is 3.97. The average molecular weight is 419 g/mol. The van der Waals surface area contributed by atoms with Crippen LogP contribution in [0.1, 0.15) is 5.56 Å². The van der Waals surface area contributed by atoms with Crippen molar-refractivity contribution in [2.24, 2.45) is 7.05 Å². The zero-order valence-electron chi connectivity index (χ0n) is 15.0. The zero-order valence-corrected chi connectivity index (χ0v) is 15.8. The fourth-order valence-electron chi connectivity index (χ4n) is 2.87. The molecule has 29 heavy (non-hydrogen) atoms. The number of aromatic nitrogens is 3. The van der Waals surface area contributed by atoms with Crippen molar-refractivity contribution in [3.8, 4) is 11.5 Å². The van der Waals surface area contributed by atoms with E-state index in [4.69, 9.17) is 16.3 Å². The second-order valence-electron chi connectivity index (χ2n) is 6.28. The van der Waals surface area contributed by atoms with Gasteiger partial charge in [-0.1, -0.05) is 17.7 Å². The Morgan fingerprint density at radius 2 is 1.90 bits per heavy atom. The van der Waals surface area contributed by atoms with Crippen molar-refractivity contribution in [2.75, 3.05) is 5.32 Å². The van der Waals surface area contributed by atoms with E-state index in [0.717, 1.165) is 23.2 Å². The number of fused-ring (bicyclic) bond motifs is 1. The SMILES string of the molecule is Cn1ccc2ncnc(Nc3ccc(Oc4cccc(C(F)(F)F)c4)c(Cl)c3)c21. The van der Waals surface area contributed by atoms with Crippen molar-refractivity contribution in [3.05, 3.63) is 71.6 Å². The number of alkyl halides is 3. The van der Waals surface area contributed by atoms with Gasteiger partial charge in [-0.25, -0.2) is 9.97 Å². The van der Waals surface area contributed by atoms with Crippen LogP contribution in [0.25, 0.3) is 11.0 Å². The molecule has 2 aromatic heterocycles. The molecule has 4 aromatic rings. The molecule has 0 bridgehead atoms. The van der Waals surface area contributed by atoms with Crippen LogP contribution in [-0.2, 0) is 13.2 Å². The van der Waals surface area contributed by atoms with Crippen LogP contribution in [-0.4, -0.2) is 14.5 Å². The molecule has 0 aliphatic rings.